The Morgan fingerprint density at radius 2 is 2.07 bits per heavy atom. The van der Waals surface area contributed by atoms with Crippen LogP contribution in [-0.4, -0.2) is 40.3 Å². The van der Waals surface area contributed by atoms with Crippen LogP contribution in [0.5, 0.6) is 5.75 Å². The normalized spacial score (nSPS) is 11.1. The molecule has 0 saturated carbocycles. The molecule has 0 aliphatic rings. The predicted octanol–water partition coefficient (Wildman–Crippen LogP) is -1.44. The van der Waals surface area contributed by atoms with Crippen molar-refractivity contribution < 1.29 is 21.8 Å². The van der Waals surface area contributed by atoms with E-state index in [1.807, 2.05) is 0 Å². The number of nitrogens with one attached hydrogen (secondary N) is 1. The molecule has 0 aliphatic heterocycles. The first-order valence-electron chi connectivity index (χ1n) is 4.02. The fraction of sp³-hybridized carbons (Fsp3) is 0.125. The van der Waals surface area contributed by atoms with Gasteiger partial charge < -0.3 is 0 Å². The Balaban J connectivity index is 3.05. The van der Waals surface area contributed by atoms with Gasteiger partial charge in [0.2, 0.25) is 0 Å². The second-order valence-electron chi connectivity index (χ2n) is 2.79. The molecule has 1 rings (SSSR count). The van der Waals surface area contributed by atoms with Crippen molar-refractivity contribution in [2.75, 3.05) is 11.9 Å². The van der Waals surface area contributed by atoms with Crippen LogP contribution in [0.15, 0.2) is 18.2 Å². The Morgan fingerprint density at radius 3 is 2.60 bits per heavy atom. The van der Waals surface area contributed by atoms with E-state index in [-0.39, 0.29) is 22.3 Å². The third-order valence-corrected chi connectivity index (χ3v) is 3.69. The van der Waals surface area contributed by atoms with Gasteiger partial charge in [0.25, 0.3) is 0 Å². The van der Waals surface area contributed by atoms with Crippen LogP contribution in [0.25, 0.3) is 0 Å². The molecule has 0 amide bonds. The van der Waals surface area contributed by atoms with E-state index in [2.05, 4.69) is 5.32 Å². The maximum atomic E-state index is 10.9. The van der Waals surface area contributed by atoms with E-state index < -0.39 is 14.2 Å². The quantitative estimate of drug-likeness (QED) is 0.305. The van der Waals surface area contributed by atoms with Crippen molar-refractivity contribution in [3.05, 3.63) is 18.2 Å². The van der Waals surface area contributed by atoms with Crippen LogP contribution >= 0.6 is 0 Å². The summed E-state index contributed by atoms with van der Waals surface area (Å²) in [6, 6.07) is 3.46. The van der Waals surface area contributed by atoms with Crippen molar-refractivity contribution in [3.8, 4) is 5.75 Å². The molecule has 6 nitrogen and oxygen atoms in total. The molecule has 0 saturated heterocycles. The summed E-state index contributed by atoms with van der Waals surface area (Å²) in [7, 11) is 0. The molecule has 0 atom stereocenters. The number of hydrogen-bond donors (Lipinski definition) is 4. The van der Waals surface area contributed by atoms with Crippen LogP contribution in [0.4, 0.5) is 5.69 Å². The molecular weight excluding hydrogens is 265 g/mol. The van der Waals surface area contributed by atoms with Crippen molar-refractivity contribution >= 4 is 30.5 Å². The van der Waals surface area contributed by atoms with Crippen molar-refractivity contribution in [3.63, 3.8) is 0 Å². The molecule has 0 bridgehead atoms. The second-order valence-corrected chi connectivity index (χ2v) is 6.16. The summed E-state index contributed by atoms with van der Waals surface area (Å²) < 4.78 is 28.6. The molecule has 0 spiro atoms. The number of aldehydes is 1. The summed E-state index contributed by atoms with van der Waals surface area (Å²) in [5.74, 6) is -0.162. The first kappa shape index (κ1) is 11.8. The summed E-state index contributed by atoms with van der Waals surface area (Å²) in [4.78, 5) is 10.1. The van der Waals surface area contributed by atoms with Crippen LogP contribution in [0.1, 0.15) is 0 Å². The fourth-order valence-corrected chi connectivity index (χ4v) is 2.19. The Hall–Kier alpha value is -1.23. The summed E-state index contributed by atoms with van der Waals surface area (Å²) in [6.07, 6.45) is 0.578. The molecule has 15 heavy (non-hydrogen) atoms. The third-order valence-electron chi connectivity index (χ3n) is 1.69. The van der Waals surface area contributed by atoms with Gasteiger partial charge in [-0.25, -0.2) is 0 Å². The molecule has 0 unspecified atom stereocenters. The summed E-state index contributed by atoms with van der Waals surface area (Å²) in [5, 5.41) is 11.8. The Bertz CT molecular complexity index is 413. The van der Waals surface area contributed by atoms with Gasteiger partial charge in [-0.2, -0.15) is 0 Å². The van der Waals surface area contributed by atoms with Crippen LogP contribution < -0.4 is 9.67 Å². The fourth-order valence-electron chi connectivity index (χ4n) is 0.998. The molecule has 0 aromatic heterocycles. The minimum absolute atomic E-state index is 0.0367. The van der Waals surface area contributed by atoms with Crippen molar-refractivity contribution in [1.82, 2.24) is 0 Å². The van der Waals surface area contributed by atoms with E-state index in [1.54, 1.807) is 0 Å². The zero-order valence-electron chi connectivity index (χ0n) is 7.62. The number of hydrogen-bond acceptors (Lipinski definition) is 4. The summed E-state index contributed by atoms with van der Waals surface area (Å²) in [5.41, 5.74) is 0.129. The van der Waals surface area contributed by atoms with Crippen molar-refractivity contribution in [1.29, 1.82) is 0 Å². The minimum atomic E-state index is -4.95. The Labute approximate surface area is 88.6 Å². The number of aromatic hydroxyl groups is 1. The molecule has 1 aromatic carbocycles. The molecule has 0 fully saturated rings. The van der Waals surface area contributed by atoms with Gasteiger partial charge in [0.05, 0.1) is 0 Å². The van der Waals surface area contributed by atoms with E-state index in [4.69, 9.17) is 8.19 Å². The third kappa shape index (κ3) is 3.12. The number of benzene rings is 1. The Kier molecular flexibility index (Phi) is 3.57. The van der Waals surface area contributed by atoms with E-state index in [1.165, 1.54) is 6.07 Å². The topological polar surface area (TPSA) is 107 Å². The second kappa shape index (κ2) is 4.53. The number of rotatable bonds is 4. The van der Waals surface area contributed by atoms with Crippen molar-refractivity contribution in [2.45, 2.75) is 0 Å². The van der Waals surface area contributed by atoms with Gasteiger partial charge in [0, 0.05) is 0 Å². The standard InChI is InChI=1S/C8H10AsNO5/c11-4-3-10-7-5-6(9(13,14)15)1-2-8(7)12/h1-2,4-5,10,12H,3H2,(H2,13,14,15). The molecule has 82 valence electrons. The maximum absolute atomic E-state index is 10.9. The van der Waals surface area contributed by atoms with Gasteiger partial charge in [0.1, 0.15) is 0 Å². The van der Waals surface area contributed by atoms with E-state index in [0.29, 0.717) is 6.29 Å². The molecule has 0 aliphatic carbocycles. The average Bonchev–Trinajstić information content (AvgIpc) is 2.15. The molecule has 0 heterocycles. The predicted molar refractivity (Wildman–Crippen MR) is 53.2 cm³/mol. The number of phenols is 1. The summed E-state index contributed by atoms with van der Waals surface area (Å²) in [6.45, 7) is -0.0367. The zero-order valence-corrected chi connectivity index (χ0v) is 9.50. The van der Waals surface area contributed by atoms with Crippen LogP contribution in [-0.2, 0) is 8.53 Å². The zero-order chi connectivity index (χ0) is 11.5. The number of phenolic OH excluding ortho intramolecular Hbond substituents is 1. The number of carbonyl (C=O) groups excluding carboxylic acids is 1. The molecular formula is C8H10AsNO5. The number of anilines is 1. The van der Waals surface area contributed by atoms with Crippen molar-refractivity contribution in [2.24, 2.45) is 0 Å². The number of carbonyl (C=O) groups is 1. The van der Waals surface area contributed by atoms with Gasteiger partial charge in [-0.15, -0.1) is 0 Å². The van der Waals surface area contributed by atoms with E-state index in [9.17, 15) is 13.6 Å². The van der Waals surface area contributed by atoms with Crippen LogP contribution in [0.3, 0.4) is 0 Å². The summed E-state index contributed by atoms with van der Waals surface area (Å²) >= 11 is -4.95. The van der Waals surface area contributed by atoms with E-state index >= 15 is 0 Å². The molecule has 0 radical (unpaired) electrons. The SMILES string of the molecule is O=CCNc1cc([As](=O)(O)O)ccc1O. The monoisotopic (exact) mass is 275 g/mol. The average molecular weight is 275 g/mol. The van der Waals surface area contributed by atoms with Crippen LogP contribution in [0, 0.1) is 0 Å². The molecule has 1 aromatic rings. The first-order chi connectivity index (χ1) is 6.95. The van der Waals surface area contributed by atoms with Gasteiger partial charge in [-0.3, -0.25) is 0 Å². The van der Waals surface area contributed by atoms with Gasteiger partial charge in [-0.05, 0) is 0 Å². The Morgan fingerprint density at radius 1 is 1.40 bits per heavy atom. The van der Waals surface area contributed by atoms with Gasteiger partial charge in [-0.1, -0.05) is 0 Å². The first-order valence-corrected chi connectivity index (χ1v) is 7.40. The van der Waals surface area contributed by atoms with Gasteiger partial charge in [0.15, 0.2) is 0 Å². The van der Waals surface area contributed by atoms with Crippen LogP contribution in [0.2, 0.25) is 0 Å². The molecule has 7 heteroatoms. The molecule has 4 N–H and O–H groups in total. The van der Waals surface area contributed by atoms with E-state index in [0.717, 1.165) is 12.1 Å². The van der Waals surface area contributed by atoms with Gasteiger partial charge >= 0.3 is 88.1 Å².